The van der Waals surface area contributed by atoms with Gasteiger partial charge in [0.05, 0.1) is 11.8 Å². The minimum absolute atomic E-state index is 0.0814. The third-order valence-electron chi connectivity index (χ3n) is 3.43. The number of fused-ring (bicyclic) bond motifs is 1. The Balaban J connectivity index is 1.52. The number of hydrogen-bond acceptors (Lipinski definition) is 6. The van der Waals surface area contributed by atoms with Crippen LogP contribution in [0.1, 0.15) is 15.7 Å². The first-order valence-corrected chi connectivity index (χ1v) is 8.68. The maximum Gasteiger partial charge on any atom is 0.249 e. The second-order valence-corrected chi connectivity index (χ2v) is 7.02. The molecule has 22 heavy (non-hydrogen) atoms. The lowest BCUT2D eigenvalue weighted by Gasteiger charge is -2.20. The highest BCUT2D eigenvalue weighted by atomic mass is 32.2. The molecule has 0 fully saturated rings. The van der Waals surface area contributed by atoms with Gasteiger partial charge in [-0.1, -0.05) is 0 Å². The summed E-state index contributed by atoms with van der Waals surface area (Å²) in [4.78, 5) is 18.0. The maximum atomic E-state index is 12.5. The second kappa shape index (κ2) is 5.62. The number of aromatic nitrogens is 3. The number of nitrogens with zero attached hydrogens (tertiary/aromatic N) is 2. The molecule has 2 N–H and O–H groups in total. The van der Waals surface area contributed by atoms with Gasteiger partial charge in [-0.25, -0.2) is 0 Å². The van der Waals surface area contributed by atoms with Crippen LogP contribution in [-0.4, -0.2) is 26.8 Å². The molecule has 4 rings (SSSR count). The number of thioether (sulfide) groups is 1. The highest BCUT2D eigenvalue weighted by Crippen LogP contribution is 2.39. The van der Waals surface area contributed by atoms with Gasteiger partial charge in [0.1, 0.15) is 11.5 Å². The predicted molar refractivity (Wildman–Crippen MR) is 85.9 cm³/mol. The van der Waals surface area contributed by atoms with Crippen LogP contribution in [0.2, 0.25) is 0 Å². The predicted octanol–water partition coefficient (Wildman–Crippen LogP) is 3.10. The number of amides is 1. The van der Waals surface area contributed by atoms with Crippen LogP contribution in [0.4, 0.5) is 5.95 Å². The summed E-state index contributed by atoms with van der Waals surface area (Å²) >= 11 is 3.37. The number of H-pyrrole nitrogens is 1. The van der Waals surface area contributed by atoms with Crippen LogP contribution in [0.3, 0.4) is 0 Å². The summed E-state index contributed by atoms with van der Waals surface area (Å²) < 4.78 is 5.01. The number of anilines is 1. The largest absolute Gasteiger partial charge is 0.472 e. The molecule has 112 valence electrons. The molecular formula is C14H12N4O2S2. The number of rotatable bonds is 3. The lowest BCUT2D eigenvalue weighted by atomic mass is 10.1. The molecule has 0 spiro atoms. The Labute approximate surface area is 134 Å². The van der Waals surface area contributed by atoms with Crippen LogP contribution >= 0.6 is 23.1 Å². The van der Waals surface area contributed by atoms with E-state index >= 15 is 0 Å². The van der Waals surface area contributed by atoms with Crippen LogP contribution in [0.5, 0.6) is 0 Å². The molecule has 0 saturated carbocycles. The van der Waals surface area contributed by atoms with E-state index in [1.165, 1.54) is 4.88 Å². The third kappa shape index (κ3) is 2.44. The van der Waals surface area contributed by atoms with Gasteiger partial charge in [-0.15, -0.1) is 28.2 Å². The van der Waals surface area contributed by atoms with Gasteiger partial charge in [0, 0.05) is 4.88 Å². The molecule has 0 saturated heterocycles. The van der Waals surface area contributed by atoms with Crippen molar-refractivity contribution in [2.75, 3.05) is 11.1 Å². The average Bonchev–Trinajstić information content (AvgIpc) is 3.27. The van der Waals surface area contributed by atoms with Gasteiger partial charge in [0.15, 0.2) is 5.82 Å². The Morgan fingerprint density at radius 1 is 1.45 bits per heavy atom. The van der Waals surface area contributed by atoms with E-state index in [1.54, 1.807) is 41.7 Å². The Morgan fingerprint density at radius 3 is 3.27 bits per heavy atom. The maximum absolute atomic E-state index is 12.5. The standard InChI is InChI=1S/C14H12N4O2S2/c19-13(11-9-2-5-21-10(9)3-6-22-11)16-14-15-12(17-18-14)8-1-4-20-7-8/h1-2,4-5,7,11H,3,6H2,(H2,15,16,17,18,19)/t11-/m1/s1. The van der Waals surface area contributed by atoms with Gasteiger partial charge < -0.3 is 4.42 Å². The normalized spacial score (nSPS) is 17.2. The first-order chi connectivity index (χ1) is 10.8. The highest BCUT2D eigenvalue weighted by Gasteiger charge is 2.28. The fourth-order valence-corrected chi connectivity index (χ4v) is 4.68. The summed E-state index contributed by atoms with van der Waals surface area (Å²) in [6.07, 6.45) is 4.17. The highest BCUT2D eigenvalue weighted by molar-refractivity contribution is 8.00. The van der Waals surface area contributed by atoms with Crippen molar-refractivity contribution in [2.45, 2.75) is 11.7 Å². The van der Waals surface area contributed by atoms with E-state index in [0.29, 0.717) is 5.82 Å². The zero-order valence-corrected chi connectivity index (χ0v) is 13.0. The Hall–Kier alpha value is -2.06. The van der Waals surface area contributed by atoms with Gasteiger partial charge in [0.25, 0.3) is 0 Å². The summed E-state index contributed by atoms with van der Waals surface area (Å²) in [5.74, 6) is 1.72. The van der Waals surface area contributed by atoms with Crippen LogP contribution in [0.15, 0.2) is 34.5 Å². The third-order valence-corrected chi connectivity index (χ3v) is 5.67. The van der Waals surface area contributed by atoms with E-state index in [0.717, 1.165) is 23.3 Å². The second-order valence-electron chi connectivity index (χ2n) is 4.81. The zero-order chi connectivity index (χ0) is 14.9. The summed E-state index contributed by atoms with van der Waals surface area (Å²) in [6, 6.07) is 3.81. The lowest BCUT2D eigenvalue weighted by molar-refractivity contribution is -0.115. The summed E-state index contributed by atoms with van der Waals surface area (Å²) in [5.41, 5.74) is 1.91. The number of aryl methyl sites for hydroxylation is 1. The molecule has 1 aliphatic heterocycles. The molecule has 0 unspecified atom stereocenters. The number of hydrogen-bond donors (Lipinski definition) is 2. The van der Waals surface area contributed by atoms with Crippen LogP contribution < -0.4 is 5.32 Å². The monoisotopic (exact) mass is 332 g/mol. The van der Waals surface area contributed by atoms with Crippen molar-refractivity contribution in [3.05, 3.63) is 40.5 Å². The lowest BCUT2D eigenvalue weighted by Crippen LogP contribution is -2.22. The SMILES string of the molecule is O=C(Nc1n[nH]c(-c2ccoc2)n1)[C@@H]1SCCc2sccc21. The van der Waals surface area contributed by atoms with Crippen LogP contribution in [0, 0.1) is 0 Å². The molecule has 0 radical (unpaired) electrons. The first kappa shape index (κ1) is 13.6. The van der Waals surface area contributed by atoms with Crippen molar-refractivity contribution in [3.63, 3.8) is 0 Å². The Bertz CT molecular complexity index is 793. The molecule has 4 heterocycles. The van der Waals surface area contributed by atoms with E-state index in [-0.39, 0.29) is 17.1 Å². The molecular weight excluding hydrogens is 320 g/mol. The molecule has 3 aromatic rings. The topological polar surface area (TPSA) is 83.8 Å². The molecule has 1 amide bonds. The Kier molecular flexibility index (Phi) is 3.47. The van der Waals surface area contributed by atoms with E-state index in [9.17, 15) is 4.79 Å². The van der Waals surface area contributed by atoms with Gasteiger partial charge in [-0.3, -0.25) is 15.2 Å². The molecule has 1 aliphatic rings. The van der Waals surface area contributed by atoms with E-state index < -0.39 is 0 Å². The minimum Gasteiger partial charge on any atom is -0.472 e. The van der Waals surface area contributed by atoms with Crippen LogP contribution in [0.25, 0.3) is 11.4 Å². The van der Waals surface area contributed by atoms with Crippen molar-refractivity contribution in [2.24, 2.45) is 0 Å². The summed E-state index contributed by atoms with van der Waals surface area (Å²) in [7, 11) is 0. The molecule has 8 heteroatoms. The fourth-order valence-electron chi connectivity index (χ4n) is 2.39. The number of aromatic amines is 1. The molecule has 0 bridgehead atoms. The number of thiophene rings is 1. The average molecular weight is 332 g/mol. The van der Waals surface area contributed by atoms with Gasteiger partial charge in [-0.05, 0) is 35.2 Å². The summed E-state index contributed by atoms with van der Waals surface area (Å²) in [5, 5.41) is 11.5. The van der Waals surface area contributed by atoms with Crippen LogP contribution in [-0.2, 0) is 11.2 Å². The van der Waals surface area contributed by atoms with E-state index in [1.807, 2.05) is 11.4 Å². The summed E-state index contributed by atoms with van der Waals surface area (Å²) in [6.45, 7) is 0. The molecule has 6 nitrogen and oxygen atoms in total. The van der Waals surface area contributed by atoms with Gasteiger partial charge in [-0.2, -0.15) is 4.98 Å². The van der Waals surface area contributed by atoms with E-state index in [2.05, 4.69) is 20.5 Å². The van der Waals surface area contributed by atoms with Crippen molar-refractivity contribution in [3.8, 4) is 11.4 Å². The number of carbonyl (C=O) groups excluding carboxylic acids is 1. The quantitative estimate of drug-likeness (QED) is 0.770. The minimum atomic E-state index is -0.189. The number of nitrogens with one attached hydrogen (secondary N) is 2. The molecule has 0 aliphatic carbocycles. The first-order valence-electron chi connectivity index (χ1n) is 6.75. The number of carbonyl (C=O) groups is 1. The number of furan rings is 1. The molecule has 3 aromatic heterocycles. The Morgan fingerprint density at radius 2 is 2.41 bits per heavy atom. The zero-order valence-electron chi connectivity index (χ0n) is 11.4. The van der Waals surface area contributed by atoms with Crippen molar-refractivity contribution >= 4 is 35.0 Å². The smallest absolute Gasteiger partial charge is 0.249 e. The van der Waals surface area contributed by atoms with Crippen molar-refractivity contribution in [1.29, 1.82) is 0 Å². The van der Waals surface area contributed by atoms with Crippen molar-refractivity contribution < 1.29 is 9.21 Å². The van der Waals surface area contributed by atoms with Gasteiger partial charge in [0.2, 0.25) is 11.9 Å². The fraction of sp³-hybridized carbons (Fsp3) is 0.214. The van der Waals surface area contributed by atoms with Crippen molar-refractivity contribution in [1.82, 2.24) is 15.2 Å². The molecule has 0 aromatic carbocycles. The molecule has 1 atom stereocenters. The van der Waals surface area contributed by atoms with E-state index in [4.69, 9.17) is 4.42 Å². The van der Waals surface area contributed by atoms with Gasteiger partial charge >= 0.3 is 0 Å².